The van der Waals surface area contributed by atoms with Crippen molar-refractivity contribution in [3.8, 4) is 0 Å². The first-order valence-corrected chi connectivity index (χ1v) is 8.04. The topological polar surface area (TPSA) is 36.3 Å². The Labute approximate surface area is 129 Å². The second kappa shape index (κ2) is 6.36. The van der Waals surface area contributed by atoms with Gasteiger partial charge in [0.05, 0.1) is 5.69 Å². The molecule has 2 atom stereocenters. The summed E-state index contributed by atoms with van der Waals surface area (Å²) in [6.45, 7) is 14.1. The van der Waals surface area contributed by atoms with E-state index in [1.54, 1.807) is 0 Å². The Morgan fingerprint density at radius 2 is 1.76 bits per heavy atom. The van der Waals surface area contributed by atoms with Crippen LogP contribution in [0.25, 0.3) is 0 Å². The summed E-state index contributed by atoms with van der Waals surface area (Å²) in [6.07, 6.45) is 0. The Balaban J connectivity index is 2.26. The lowest BCUT2D eigenvalue weighted by Crippen LogP contribution is -2.55. The molecule has 120 valence electrons. The number of nitrogens with zero attached hydrogens (tertiary/aromatic N) is 4. The molecular formula is C16H31N5. The zero-order valence-corrected chi connectivity index (χ0v) is 14.6. The number of nitrogens with one attached hydrogen (secondary N) is 1. The van der Waals surface area contributed by atoms with Gasteiger partial charge in [-0.1, -0.05) is 13.8 Å². The lowest BCUT2D eigenvalue weighted by atomic mass is 10.1. The lowest BCUT2D eigenvalue weighted by molar-refractivity contribution is 0.169. The molecule has 0 radical (unpaired) electrons. The van der Waals surface area contributed by atoms with Crippen LogP contribution < -0.4 is 10.2 Å². The summed E-state index contributed by atoms with van der Waals surface area (Å²) in [6, 6.07) is 1.62. The van der Waals surface area contributed by atoms with Crippen molar-refractivity contribution in [2.45, 2.75) is 59.3 Å². The normalized spacial score (nSPS) is 24.1. The maximum atomic E-state index is 4.65. The number of aromatic nitrogens is 2. The van der Waals surface area contributed by atoms with E-state index in [4.69, 9.17) is 0 Å². The number of anilines is 1. The first kappa shape index (κ1) is 16.3. The highest BCUT2D eigenvalue weighted by Crippen LogP contribution is 2.27. The van der Waals surface area contributed by atoms with Crippen LogP contribution in [0.15, 0.2) is 0 Å². The highest BCUT2D eigenvalue weighted by atomic mass is 15.4. The fourth-order valence-electron chi connectivity index (χ4n) is 3.18. The van der Waals surface area contributed by atoms with Crippen LogP contribution in [0.1, 0.15) is 39.0 Å². The van der Waals surface area contributed by atoms with Crippen molar-refractivity contribution in [3.05, 3.63) is 11.3 Å². The van der Waals surface area contributed by atoms with Crippen LogP contribution in [0.4, 0.5) is 5.82 Å². The summed E-state index contributed by atoms with van der Waals surface area (Å²) < 4.78 is 2.05. The minimum atomic E-state index is 0.489. The van der Waals surface area contributed by atoms with E-state index in [1.165, 1.54) is 11.4 Å². The van der Waals surface area contributed by atoms with Crippen molar-refractivity contribution in [1.29, 1.82) is 0 Å². The molecule has 1 aromatic heterocycles. The van der Waals surface area contributed by atoms with Crippen molar-refractivity contribution < 1.29 is 0 Å². The molecule has 1 saturated heterocycles. The van der Waals surface area contributed by atoms with Gasteiger partial charge in [0.15, 0.2) is 0 Å². The molecule has 1 fully saturated rings. The number of hydrogen-bond acceptors (Lipinski definition) is 4. The van der Waals surface area contributed by atoms with Crippen molar-refractivity contribution in [3.63, 3.8) is 0 Å². The number of rotatable bonds is 4. The molecular weight excluding hydrogens is 262 g/mol. The van der Waals surface area contributed by atoms with Crippen LogP contribution in [-0.4, -0.2) is 52.9 Å². The second-order valence-corrected chi connectivity index (χ2v) is 6.82. The number of likely N-dealkylation sites (N-methyl/N-ethyl adjacent to an activating group) is 1. The van der Waals surface area contributed by atoms with E-state index >= 15 is 0 Å². The van der Waals surface area contributed by atoms with E-state index in [0.29, 0.717) is 18.1 Å². The molecule has 0 spiro atoms. The predicted octanol–water partition coefficient (Wildman–Crippen LogP) is 1.76. The van der Waals surface area contributed by atoms with Gasteiger partial charge >= 0.3 is 0 Å². The molecule has 0 amide bonds. The first-order chi connectivity index (χ1) is 9.81. The Bertz CT molecular complexity index is 467. The molecule has 0 saturated carbocycles. The van der Waals surface area contributed by atoms with Gasteiger partial charge in [0.2, 0.25) is 0 Å². The van der Waals surface area contributed by atoms with Gasteiger partial charge in [-0.3, -0.25) is 9.58 Å². The van der Waals surface area contributed by atoms with Gasteiger partial charge in [-0.05, 0) is 27.8 Å². The molecule has 1 aliphatic heterocycles. The van der Waals surface area contributed by atoms with Crippen LogP contribution in [-0.2, 0) is 13.6 Å². The van der Waals surface area contributed by atoms with Crippen LogP contribution in [0.3, 0.4) is 0 Å². The SMILES string of the molecule is Cc1nn(C)c(N2CC(C)N(C)C(C)C2)c1CNC(C)C. The summed E-state index contributed by atoms with van der Waals surface area (Å²) >= 11 is 0. The Hall–Kier alpha value is -1.07. The standard InChI is InChI=1S/C16H31N5/c1-11(2)17-8-15-14(5)18-20(7)16(15)21-9-12(3)19(6)13(4)10-21/h11-13,17H,8-10H2,1-7H3. The van der Waals surface area contributed by atoms with Gasteiger partial charge < -0.3 is 10.2 Å². The van der Waals surface area contributed by atoms with E-state index in [9.17, 15) is 0 Å². The monoisotopic (exact) mass is 293 g/mol. The summed E-state index contributed by atoms with van der Waals surface area (Å²) in [5, 5.41) is 8.19. The van der Waals surface area contributed by atoms with Crippen LogP contribution >= 0.6 is 0 Å². The third-order valence-corrected chi connectivity index (χ3v) is 4.66. The smallest absolute Gasteiger partial charge is 0.131 e. The van der Waals surface area contributed by atoms with Gasteiger partial charge in [-0.15, -0.1) is 0 Å². The van der Waals surface area contributed by atoms with Gasteiger partial charge in [0.25, 0.3) is 0 Å². The number of piperazine rings is 1. The fraction of sp³-hybridized carbons (Fsp3) is 0.812. The van der Waals surface area contributed by atoms with Crippen molar-refractivity contribution >= 4 is 5.82 Å². The minimum Gasteiger partial charge on any atom is -0.353 e. The molecule has 21 heavy (non-hydrogen) atoms. The third kappa shape index (κ3) is 3.40. The molecule has 1 aromatic rings. The lowest BCUT2D eigenvalue weighted by Gasteiger charge is -2.43. The first-order valence-electron chi connectivity index (χ1n) is 8.04. The average molecular weight is 293 g/mol. The van der Waals surface area contributed by atoms with Crippen LogP contribution in [0.5, 0.6) is 0 Å². The van der Waals surface area contributed by atoms with Crippen molar-refractivity contribution in [1.82, 2.24) is 20.0 Å². The Kier molecular flexibility index (Phi) is 4.94. The highest BCUT2D eigenvalue weighted by Gasteiger charge is 2.30. The molecule has 0 bridgehead atoms. The van der Waals surface area contributed by atoms with E-state index < -0.39 is 0 Å². The zero-order chi connectivity index (χ0) is 15.7. The molecule has 2 rings (SSSR count). The molecule has 0 aromatic carbocycles. The van der Waals surface area contributed by atoms with Crippen molar-refractivity contribution in [2.24, 2.45) is 7.05 Å². The predicted molar refractivity (Wildman–Crippen MR) is 88.8 cm³/mol. The maximum absolute atomic E-state index is 4.65. The second-order valence-electron chi connectivity index (χ2n) is 6.82. The zero-order valence-electron chi connectivity index (χ0n) is 14.6. The molecule has 1 N–H and O–H groups in total. The number of aryl methyl sites for hydroxylation is 2. The summed E-state index contributed by atoms with van der Waals surface area (Å²) in [7, 11) is 4.29. The average Bonchev–Trinajstić information content (AvgIpc) is 2.67. The largest absolute Gasteiger partial charge is 0.353 e. The third-order valence-electron chi connectivity index (χ3n) is 4.66. The minimum absolute atomic E-state index is 0.489. The summed E-state index contributed by atoms with van der Waals surface area (Å²) in [5.41, 5.74) is 2.48. The fourth-order valence-corrected chi connectivity index (χ4v) is 3.18. The molecule has 5 heteroatoms. The Morgan fingerprint density at radius 3 is 2.29 bits per heavy atom. The molecule has 0 aliphatic carbocycles. The van der Waals surface area contributed by atoms with Crippen LogP contribution in [0.2, 0.25) is 0 Å². The van der Waals surface area contributed by atoms with Crippen LogP contribution in [0, 0.1) is 6.92 Å². The molecule has 2 heterocycles. The quantitative estimate of drug-likeness (QED) is 0.918. The number of hydrogen-bond donors (Lipinski definition) is 1. The maximum Gasteiger partial charge on any atom is 0.131 e. The molecule has 5 nitrogen and oxygen atoms in total. The van der Waals surface area contributed by atoms with Gasteiger partial charge in [0.1, 0.15) is 5.82 Å². The highest BCUT2D eigenvalue weighted by molar-refractivity contribution is 5.51. The van der Waals surface area contributed by atoms with Crippen molar-refractivity contribution in [2.75, 3.05) is 25.0 Å². The molecule has 2 unspecified atom stereocenters. The van der Waals surface area contributed by atoms with E-state index in [-0.39, 0.29) is 0 Å². The summed E-state index contributed by atoms with van der Waals surface area (Å²) in [4.78, 5) is 4.97. The summed E-state index contributed by atoms with van der Waals surface area (Å²) in [5.74, 6) is 1.28. The van der Waals surface area contributed by atoms with Gasteiger partial charge in [0, 0.05) is 50.4 Å². The van der Waals surface area contributed by atoms with E-state index in [1.807, 2.05) is 0 Å². The van der Waals surface area contributed by atoms with Gasteiger partial charge in [-0.25, -0.2) is 0 Å². The Morgan fingerprint density at radius 1 is 1.19 bits per heavy atom. The molecule has 1 aliphatic rings. The van der Waals surface area contributed by atoms with E-state index in [0.717, 1.165) is 25.3 Å². The van der Waals surface area contributed by atoms with Gasteiger partial charge in [-0.2, -0.15) is 5.10 Å². The van der Waals surface area contributed by atoms with E-state index in [2.05, 4.69) is 73.6 Å².